The van der Waals surface area contributed by atoms with Crippen molar-refractivity contribution in [3.63, 3.8) is 0 Å². The zero-order valence-corrected chi connectivity index (χ0v) is 11.1. The molecule has 1 aliphatic heterocycles. The number of anilines is 1. The third-order valence-corrected chi connectivity index (χ3v) is 3.67. The van der Waals surface area contributed by atoms with E-state index in [0.717, 1.165) is 17.3 Å². The van der Waals surface area contributed by atoms with Gasteiger partial charge in [-0.25, -0.2) is 0 Å². The topological polar surface area (TPSA) is 12.0 Å². The summed E-state index contributed by atoms with van der Waals surface area (Å²) in [6.45, 7) is 0. The van der Waals surface area contributed by atoms with Gasteiger partial charge in [0, 0.05) is 10.7 Å². The fourth-order valence-electron chi connectivity index (χ4n) is 2.46. The molecule has 0 saturated carbocycles. The normalized spacial score (nSPS) is 17.7. The molecule has 0 radical (unpaired) electrons. The number of nitrogens with one attached hydrogen (secondary N) is 1. The summed E-state index contributed by atoms with van der Waals surface area (Å²) >= 11 is 5.93. The van der Waals surface area contributed by atoms with Gasteiger partial charge < -0.3 is 5.32 Å². The molecule has 0 spiro atoms. The summed E-state index contributed by atoms with van der Waals surface area (Å²) in [5.74, 6) is 0. The molecule has 1 nitrogen and oxygen atoms in total. The molecule has 0 saturated heterocycles. The zero-order chi connectivity index (χ0) is 14.3. The van der Waals surface area contributed by atoms with Crippen LogP contribution in [0, 0.1) is 0 Å². The summed E-state index contributed by atoms with van der Waals surface area (Å²) in [5, 5.41) is 3.87. The fourth-order valence-corrected chi connectivity index (χ4v) is 2.66. The summed E-state index contributed by atoms with van der Waals surface area (Å²) in [4.78, 5) is 0. The first-order valence-electron chi connectivity index (χ1n) is 6.15. The van der Waals surface area contributed by atoms with Gasteiger partial charge in [-0.05, 0) is 47.9 Å². The summed E-state index contributed by atoms with van der Waals surface area (Å²) < 4.78 is 38.2. The Morgan fingerprint density at radius 1 is 1.10 bits per heavy atom. The molecule has 0 aromatic heterocycles. The van der Waals surface area contributed by atoms with Gasteiger partial charge in [-0.1, -0.05) is 23.7 Å². The van der Waals surface area contributed by atoms with Crippen LogP contribution < -0.4 is 5.32 Å². The largest absolute Gasteiger partial charge is 0.416 e. The standard InChI is InChI=1S/C15H11ClF3N/c16-12-4-5-13-10(7-12)8-14(20-13)9-2-1-3-11(6-9)15(17,18)19/h1-7,14,20H,8H2. The lowest BCUT2D eigenvalue weighted by Crippen LogP contribution is -2.09. The van der Waals surface area contributed by atoms with Crippen molar-refractivity contribution < 1.29 is 13.2 Å². The maximum atomic E-state index is 12.7. The van der Waals surface area contributed by atoms with Crippen molar-refractivity contribution in [2.45, 2.75) is 18.6 Å². The highest BCUT2D eigenvalue weighted by Crippen LogP contribution is 2.37. The van der Waals surface area contributed by atoms with E-state index in [9.17, 15) is 13.2 Å². The summed E-state index contributed by atoms with van der Waals surface area (Å²) in [6, 6.07) is 10.7. The van der Waals surface area contributed by atoms with Gasteiger partial charge in [-0.3, -0.25) is 0 Å². The Bertz CT molecular complexity index is 652. The summed E-state index contributed by atoms with van der Waals surface area (Å²) in [7, 11) is 0. The smallest absolute Gasteiger partial charge is 0.378 e. The molecule has 5 heteroatoms. The van der Waals surface area contributed by atoms with E-state index < -0.39 is 11.7 Å². The first-order valence-corrected chi connectivity index (χ1v) is 6.53. The van der Waals surface area contributed by atoms with Gasteiger partial charge in [0.25, 0.3) is 0 Å². The molecule has 2 aromatic carbocycles. The zero-order valence-electron chi connectivity index (χ0n) is 10.3. The third-order valence-electron chi connectivity index (χ3n) is 3.44. The average molecular weight is 298 g/mol. The molecule has 1 aliphatic rings. The van der Waals surface area contributed by atoms with E-state index in [4.69, 9.17) is 11.6 Å². The Hall–Kier alpha value is -1.68. The van der Waals surface area contributed by atoms with Crippen LogP contribution >= 0.6 is 11.6 Å². The van der Waals surface area contributed by atoms with Crippen LogP contribution in [0.2, 0.25) is 5.02 Å². The summed E-state index contributed by atoms with van der Waals surface area (Å²) in [5.41, 5.74) is 1.97. The van der Waals surface area contributed by atoms with E-state index in [1.165, 1.54) is 12.1 Å². The molecule has 104 valence electrons. The van der Waals surface area contributed by atoms with Crippen LogP contribution in [0.1, 0.15) is 22.7 Å². The molecule has 0 bridgehead atoms. The van der Waals surface area contributed by atoms with Crippen LogP contribution in [0.25, 0.3) is 0 Å². The lowest BCUT2D eigenvalue weighted by Gasteiger charge is -2.14. The van der Waals surface area contributed by atoms with Gasteiger partial charge in [-0.2, -0.15) is 13.2 Å². The van der Waals surface area contributed by atoms with Gasteiger partial charge in [0.05, 0.1) is 11.6 Å². The first-order chi connectivity index (χ1) is 9.43. The van der Waals surface area contributed by atoms with E-state index in [-0.39, 0.29) is 6.04 Å². The van der Waals surface area contributed by atoms with E-state index in [0.29, 0.717) is 17.0 Å². The molecule has 1 N–H and O–H groups in total. The van der Waals surface area contributed by atoms with Crippen molar-refractivity contribution in [2.75, 3.05) is 5.32 Å². The van der Waals surface area contributed by atoms with Crippen molar-refractivity contribution in [3.8, 4) is 0 Å². The number of alkyl halides is 3. The molecule has 0 aliphatic carbocycles. The number of rotatable bonds is 1. The molecule has 3 rings (SSSR count). The van der Waals surface area contributed by atoms with Crippen LogP contribution in [0.15, 0.2) is 42.5 Å². The molecule has 1 unspecified atom stereocenters. The number of benzene rings is 2. The lowest BCUT2D eigenvalue weighted by molar-refractivity contribution is -0.137. The molecule has 20 heavy (non-hydrogen) atoms. The van der Waals surface area contributed by atoms with Crippen molar-refractivity contribution in [2.24, 2.45) is 0 Å². The molecule has 0 fully saturated rings. The Morgan fingerprint density at radius 3 is 2.65 bits per heavy atom. The lowest BCUT2D eigenvalue weighted by atomic mass is 10.0. The predicted octanol–water partition coefficient (Wildman–Crippen LogP) is 5.07. The van der Waals surface area contributed by atoms with Crippen LogP contribution in [0.3, 0.4) is 0 Å². The Morgan fingerprint density at radius 2 is 1.90 bits per heavy atom. The number of hydrogen-bond donors (Lipinski definition) is 1. The van der Waals surface area contributed by atoms with E-state index in [1.54, 1.807) is 12.1 Å². The van der Waals surface area contributed by atoms with Crippen LogP contribution in [-0.4, -0.2) is 0 Å². The highest BCUT2D eigenvalue weighted by Gasteiger charge is 2.31. The maximum absolute atomic E-state index is 12.7. The SMILES string of the molecule is FC(F)(F)c1cccc(C2Cc3cc(Cl)ccc3N2)c1. The van der Waals surface area contributed by atoms with Crippen LogP contribution in [-0.2, 0) is 12.6 Å². The molecular weight excluding hydrogens is 287 g/mol. The average Bonchev–Trinajstić information content (AvgIpc) is 2.81. The molecule has 1 heterocycles. The van der Waals surface area contributed by atoms with Gasteiger partial charge in [0.15, 0.2) is 0 Å². The molecular formula is C15H11ClF3N. The maximum Gasteiger partial charge on any atom is 0.416 e. The minimum atomic E-state index is -4.31. The number of halogens is 4. The fraction of sp³-hybridized carbons (Fsp3) is 0.200. The van der Waals surface area contributed by atoms with Gasteiger partial charge in [-0.15, -0.1) is 0 Å². The minimum Gasteiger partial charge on any atom is -0.378 e. The van der Waals surface area contributed by atoms with Gasteiger partial charge in [0.2, 0.25) is 0 Å². The minimum absolute atomic E-state index is 0.147. The van der Waals surface area contributed by atoms with Crippen molar-refractivity contribution in [1.82, 2.24) is 0 Å². The third kappa shape index (κ3) is 2.48. The van der Waals surface area contributed by atoms with Crippen LogP contribution in [0.4, 0.5) is 18.9 Å². The first kappa shape index (κ1) is 13.3. The molecule has 2 aromatic rings. The van der Waals surface area contributed by atoms with Gasteiger partial charge in [0.1, 0.15) is 0 Å². The Kier molecular flexibility index (Phi) is 3.13. The van der Waals surface area contributed by atoms with Gasteiger partial charge >= 0.3 is 6.18 Å². The van der Waals surface area contributed by atoms with Crippen molar-refractivity contribution in [3.05, 3.63) is 64.2 Å². The highest BCUT2D eigenvalue weighted by atomic mass is 35.5. The molecule has 1 atom stereocenters. The van der Waals surface area contributed by atoms with Crippen molar-refractivity contribution >= 4 is 17.3 Å². The number of fused-ring (bicyclic) bond motifs is 1. The van der Waals surface area contributed by atoms with E-state index in [1.807, 2.05) is 12.1 Å². The summed E-state index contributed by atoms with van der Waals surface area (Å²) in [6.07, 6.45) is -3.68. The Balaban J connectivity index is 1.89. The monoisotopic (exact) mass is 297 g/mol. The quantitative estimate of drug-likeness (QED) is 0.775. The predicted molar refractivity (Wildman–Crippen MR) is 73.0 cm³/mol. The molecule has 0 amide bonds. The Labute approximate surface area is 119 Å². The number of hydrogen-bond acceptors (Lipinski definition) is 1. The van der Waals surface area contributed by atoms with Crippen LogP contribution in [0.5, 0.6) is 0 Å². The second-order valence-corrected chi connectivity index (χ2v) is 5.26. The second-order valence-electron chi connectivity index (χ2n) is 4.83. The van der Waals surface area contributed by atoms with Crippen molar-refractivity contribution in [1.29, 1.82) is 0 Å². The second kappa shape index (κ2) is 4.70. The van der Waals surface area contributed by atoms with E-state index in [2.05, 4.69) is 5.32 Å². The highest BCUT2D eigenvalue weighted by molar-refractivity contribution is 6.30. The van der Waals surface area contributed by atoms with E-state index >= 15 is 0 Å².